The number of nitrogens with one attached hydrogen (secondary N) is 1. The number of anilines is 1. The zero-order chi connectivity index (χ0) is 13.9. The van der Waals surface area contributed by atoms with E-state index in [1.54, 1.807) is 6.20 Å². The van der Waals surface area contributed by atoms with E-state index in [1.165, 1.54) is 11.3 Å². The quantitative estimate of drug-likeness (QED) is 0.568. The molecule has 0 spiro atoms. The lowest BCUT2D eigenvalue weighted by atomic mass is 10.1. The van der Waals surface area contributed by atoms with E-state index in [1.807, 2.05) is 36.4 Å². The molecule has 1 aromatic heterocycles. The molecule has 3 aromatic rings. The van der Waals surface area contributed by atoms with Gasteiger partial charge in [-0.2, -0.15) is 0 Å². The number of fused-ring (bicyclic) bond motifs is 1. The molecule has 0 fully saturated rings. The Morgan fingerprint density at radius 2 is 2.00 bits per heavy atom. The number of aromatic nitrogens is 1. The van der Waals surface area contributed by atoms with Gasteiger partial charge in [-0.1, -0.05) is 47.2 Å². The molecule has 0 aliphatic carbocycles. The molecule has 4 nitrogen and oxygen atoms in total. The minimum absolute atomic E-state index is 0.449. The summed E-state index contributed by atoms with van der Waals surface area (Å²) in [5.41, 5.74) is 2.52. The molecule has 1 heterocycles. The summed E-state index contributed by atoms with van der Waals surface area (Å²) in [6.45, 7) is 0.449. The first-order valence-corrected chi connectivity index (χ1v) is 7.19. The van der Waals surface area contributed by atoms with Crippen molar-refractivity contribution < 1.29 is 4.74 Å². The Labute approximate surface area is 125 Å². The van der Waals surface area contributed by atoms with E-state index in [4.69, 9.17) is 22.2 Å². The van der Waals surface area contributed by atoms with Gasteiger partial charge in [0.25, 0.3) is 0 Å². The van der Waals surface area contributed by atoms with Crippen LogP contribution in [0, 0.1) is 0 Å². The minimum atomic E-state index is 0.449. The van der Waals surface area contributed by atoms with Gasteiger partial charge in [-0.25, -0.2) is 10.8 Å². The van der Waals surface area contributed by atoms with E-state index in [-0.39, 0.29) is 0 Å². The van der Waals surface area contributed by atoms with Gasteiger partial charge in [0.05, 0.1) is 4.88 Å². The number of nitrogens with zero attached hydrogens (tertiary/aromatic N) is 1. The van der Waals surface area contributed by atoms with Crippen LogP contribution in [0.15, 0.2) is 42.6 Å². The fourth-order valence-corrected chi connectivity index (χ4v) is 2.81. The highest BCUT2D eigenvalue weighted by molar-refractivity contribution is 7.15. The fourth-order valence-electron chi connectivity index (χ4n) is 1.95. The highest BCUT2D eigenvalue weighted by Crippen LogP contribution is 2.32. The molecule has 20 heavy (non-hydrogen) atoms. The first kappa shape index (κ1) is 13.2. The summed E-state index contributed by atoms with van der Waals surface area (Å²) in [5, 5.41) is 3.38. The van der Waals surface area contributed by atoms with Crippen LogP contribution < -0.4 is 16.0 Å². The zero-order valence-corrected chi connectivity index (χ0v) is 12.0. The number of benzene rings is 2. The predicted molar refractivity (Wildman–Crippen MR) is 83.2 cm³/mol. The van der Waals surface area contributed by atoms with Crippen LogP contribution in [0.5, 0.6) is 5.75 Å². The monoisotopic (exact) mass is 305 g/mol. The summed E-state index contributed by atoms with van der Waals surface area (Å²) in [5.74, 6) is 6.11. The van der Waals surface area contributed by atoms with Gasteiger partial charge in [0, 0.05) is 22.0 Å². The number of nitrogen functional groups attached to an aromatic ring is 1. The lowest BCUT2D eigenvalue weighted by Crippen LogP contribution is -2.05. The Morgan fingerprint density at radius 3 is 2.75 bits per heavy atom. The Hall–Kier alpha value is -1.82. The first-order valence-electron chi connectivity index (χ1n) is 5.99. The van der Waals surface area contributed by atoms with E-state index >= 15 is 0 Å². The third-order valence-electron chi connectivity index (χ3n) is 2.88. The van der Waals surface area contributed by atoms with Gasteiger partial charge in [-0.15, -0.1) is 0 Å². The molecule has 0 atom stereocenters. The summed E-state index contributed by atoms with van der Waals surface area (Å²) >= 11 is 7.65. The summed E-state index contributed by atoms with van der Waals surface area (Å²) in [6, 6.07) is 11.6. The zero-order valence-electron chi connectivity index (χ0n) is 10.5. The summed E-state index contributed by atoms with van der Waals surface area (Å²) in [6.07, 6.45) is 1.75. The molecule has 102 valence electrons. The predicted octanol–water partition coefficient (Wildman–Crippen LogP) is 3.81. The molecule has 0 unspecified atom stereocenters. The van der Waals surface area contributed by atoms with Crippen molar-refractivity contribution in [3.8, 4) is 5.75 Å². The van der Waals surface area contributed by atoms with Crippen molar-refractivity contribution in [1.82, 2.24) is 4.98 Å². The van der Waals surface area contributed by atoms with Gasteiger partial charge >= 0.3 is 0 Å². The number of hydrogen-bond acceptors (Lipinski definition) is 5. The van der Waals surface area contributed by atoms with Crippen molar-refractivity contribution in [3.63, 3.8) is 0 Å². The molecule has 0 radical (unpaired) electrons. The van der Waals surface area contributed by atoms with Crippen molar-refractivity contribution >= 4 is 38.8 Å². The second kappa shape index (κ2) is 5.66. The van der Waals surface area contributed by atoms with Crippen LogP contribution in [0.1, 0.15) is 4.88 Å². The van der Waals surface area contributed by atoms with E-state index < -0.39 is 0 Å². The smallest absolute Gasteiger partial charge is 0.197 e. The molecule has 0 aliphatic rings. The largest absolute Gasteiger partial charge is 0.487 e. The molecule has 6 heteroatoms. The van der Waals surface area contributed by atoms with Crippen LogP contribution in [0.3, 0.4) is 0 Å². The maximum Gasteiger partial charge on any atom is 0.197 e. The highest BCUT2D eigenvalue weighted by Gasteiger charge is 2.07. The molecule has 0 bridgehead atoms. The molecule has 2 aromatic carbocycles. The average Bonchev–Trinajstić information content (AvgIpc) is 2.95. The average molecular weight is 306 g/mol. The lowest BCUT2D eigenvalue weighted by molar-refractivity contribution is 0.313. The molecule has 0 amide bonds. The summed E-state index contributed by atoms with van der Waals surface area (Å²) < 4.78 is 5.86. The summed E-state index contributed by atoms with van der Waals surface area (Å²) in [4.78, 5) is 5.10. The van der Waals surface area contributed by atoms with Crippen LogP contribution in [0.25, 0.3) is 10.8 Å². The number of hydrogen-bond donors (Lipinski definition) is 2. The van der Waals surface area contributed by atoms with E-state index in [2.05, 4.69) is 10.4 Å². The van der Waals surface area contributed by atoms with E-state index in [0.717, 1.165) is 26.4 Å². The molecular weight excluding hydrogens is 294 g/mol. The lowest BCUT2D eigenvalue weighted by Gasteiger charge is -2.09. The first-order chi connectivity index (χ1) is 9.78. The molecule has 3 rings (SSSR count). The van der Waals surface area contributed by atoms with Crippen molar-refractivity contribution in [2.24, 2.45) is 5.84 Å². The normalized spacial score (nSPS) is 10.7. The van der Waals surface area contributed by atoms with Gasteiger partial charge in [0.2, 0.25) is 0 Å². The van der Waals surface area contributed by atoms with Crippen molar-refractivity contribution in [3.05, 3.63) is 52.5 Å². The molecule has 0 saturated heterocycles. The van der Waals surface area contributed by atoms with E-state index in [9.17, 15) is 0 Å². The van der Waals surface area contributed by atoms with Gasteiger partial charge in [-0.3, -0.25) is 5.43 Å². The topological polar surface area (TPSA) is 60.2 Å². The van der Waals surface area contributed by atoms with Gasteiger partial charge in [0.15, 0.2) is 5.13 Å². The Bertz CT molecular complexity index is 744. The summed E-state index contributed by atoms with van der Waals surface area (Å²) in [7, 11) is 0. The van der Waals surface area contributed by atoms with E-state index in [0.29, 0.717) is 11.7 Å². The number of nitrogens with two attached hydrogens (primary N) is 1. The second-order valence-electron chi connectivity index (χ2n) is 4.16. The number of halogens is 1. The maximum absolute atomic E-state index is 6.18. The number of hydrazine groups is 1. The Morgan fingerprint density at radius 1 is 1.20 bits per heavy atom. The third-order valence-corrected chi connectivity index (χ3v) is 4.11. The van der Waals surface area contributed by atoms with Gasteiger partial charge in [0.1, 0.15) is 12.4 Å². The van der Waals surface area contributed by atoms with Crippen molar-refractivity contribution in [2.75, 3.05) is 5.43 Å². The van der Waals surface area contributed by atoms with Crippen molar-refractivity contribution in [2.45, 2.75) is 6.61 Å². The molecule has 0 aliphatic heterocycles. The number of rotatable bonds is 4. The number of thiazole rings is 1. The van der Waals surface area contributed by atoms with Crippen molar-refractivity contribution in [1.29, 1.82) is 0 Å². The fraction of sp³-hybridized carbons (Fsp3) is 0.0714. The van der Waals surface area contributed by atoms with Crippen LogP contribution in [-0.2, 0) is 6.61 Å². The standard InChI is InChI=1S/C14H12ClN3OS/c15-12-5-6-13(11-4-2-1-3-10(11)12)19-8-9-7-17-14(18-16)20-9/h1-7H,8,16H2,(H,17,18). The molecular formula is C14H12ClN3OS. The second-order valence-corrected chi connectivity index (χ2v) is 5.68. The SMILES string of the molecule is NNc1ncc(COc2ccc(Cl)c3ccccc23)s1. The highest BCUT2D eigenvalue weighted by atomic mass is 35.5. The van der Waals surface area contributed by atoms with Crippen LogP contribution in [-0.4, -0.2) is 4.98 Å². The molecule has 3 N–H and O–H groups in total. The van der Waals surface area contributed by atoms with Gasteiger partial charge in [-0.05, 0) is 12.1 Å². The Kier molecular flexibility index (Phi) is 3.73. The number of ether oxygens (including phenoxy) is 1. The maximum atomic E-state index is 6.18. The molecule has 0 saturated carbocycles. The van der Waals surface area contributed by atoms with Crippen LogP contribution in [0.4, 0.5) is 5.13 Å². The third kappa shape index (κ3) is 2.56. The Balaban J connectivity index is 1.86. The minimum Gasteiger partial charge on any atom is -0.487 e. The van der Waals surface area contributed by atoms with Crippen LogP contribution >= 0.6 is 22.9 Å². The van der Waals surface area contributed by atoms with Crippen LogP contribution in [0.2, 0.25) is 5.02 Å². The van der Waals surface area contributed by atoms with Gasteiger partial charge < -0.3 is 4.74 Å².